The molecule has 0 N–H and O–H groups in total. The van der Waals surface area contributed by atoms with Crippen molar-refractivity contribution in [1.29, 1.82) is 0 Å². The number of hydrogen-bond donors (Lipinski definition) is 0. The summed E-state index contributed by atoms with van der Waals surface area (Å²) in [6, 6.07) is 0. The van der Waals surface area contributed by atoms with Gasteiger partial charge in [0.2, 0.25) is 5.89 Å². The fourth-order valence-electron chi connectivity index (χ4n) is 1.93. The monoisotopic (exact) mass is 225 g/mol. The Morgan fingerprint density at radius 3 is 3.12 bits per heavy atom. The average molecular weight is 225 g/mol. The molecule has 0 aromatic carbocycles. The number of aromatic nitrogens is 2. The van der Waals surface area contributed by atoms with Gasteiger partial charge >= 0.3 is 5.97 Å². The first-order valence-electron chi connectivity index (χ1n) is 5.28. The summed E-state index contributed by atoms with van der Waals surface area (Å²) in [4.78, 5) is 17.6. The van der Waals surface area contributed by atoms with Crippen LogP contribution >= 0.6 is 0 Å². The van der Waals surface area contributed by atoms with Crippen LogP contribution in [0.4, 0.5) is 0 Å². The van der Waals surface area contributed by atoms with E-state index in [1.165, 1.54) is 7.11 Å². The Morgan fingerprint density at radius 2 is 2.50 bits per heavy atom. The van der Waals surface area contributed by atoms with Crippen LogP contribution in [0, 0.1) is 12.8 Å². The number of methoxy groups -OCH3 is 1. The quantitative estimate of drug-likeness (QED) is 0.692. The maximum absolute atomic E-state index is 11.3. The largest absolute Gasteiger partial charge is 0.469 e. The van der Waals surface area contributed by atoms with Gasteiger partial charge in [-0.05, 0) is 19.9 Å². The molecule has 0 saturated carbocycles. The molecule has 1 aromatic heterocycles. The number of ether oxygens (including phenoxy) is 1. The Morgan fingerprint density at radius 1 is 1.69 bits per heavy atom. The van der Waals surface area contributed by atoms with Crippen molar-refractivity contribution < 1.29 is 14.1 Å². The lowest BCUT2D eigenvalue weighted by atomic mass is 10.1. The van der Waals surface area contributed by atoms with Gasteiger partial charge in [-0.15, -0.1) is 0 Å². The van der Waals surface area contributed by atoms with Crippen LogP contribution in [0.25, 0.3) is 0 Å². The zero-order chi connectivity index (χ0) is 11.5. The van der Waals surface area contributed by atoms with E-state index in [1.807, 2.05) is 0 Å². The SMILES string of the molecule is COC(=O)C1CCN(Cc2nc(C)no2)C1. The van der Waals surface area contributed by atoms with E-state index in [2.05, 4.69) is 15.0 Å². The summed E-state index contributed by atoms with van der Waals surface area (Å²) in [5.41, 5.74) is 0. The second kappa shape index (κ2) is 4.61. The van der Waals surface area contributed by atoms with Gasteiger partial charge in [0.15, 0.2) is 5.82 Å². The van der Waals surface area contributed by atoms with Crippen LogP contribution in [0.15, 0.2) is 4.52 Å². The molecule has 0 radical (unpaired) electrons. The van der Waals surface area contributed by atoms with Crippen LogP contribution < -0.4 is 0 Å². The summed E-state index contributed by atoms with van der Waals surface area (Å²) in [7, 11) is 1.42. The molecule has 1 atom stereocenters. The van der Waals surface area contributed by atoms with Crippen LogP contribution in [0.5, 0.6) is 0 Å². The summed E-state index contributed by atoms with van der Waals surface area (Å²) < 4.78 is 9.75. The van der Waals surface area contributed by atoms with Gasteiger partial charge in [0.1, 0.15) is 0 Å². The molecule has 0 spiro atoms. The Kier molecular flexibility index (Phi) is 3.19. The van der Waals surface area contributed by atoms with Crippen LogP contribution in [0.1, 0.15) is 18.1 Å². The molecule has 1 fully saturated rings. The fourth-order valence-corrected chi connectivity index (χ4v) is 1.93. The highest BCUT2D eigenvalue weighted by molar-refractivity contribution is 5.72. The molecule has 1 aliphatic rings. The fraction of sp³-hybridized carbons (Fsp3) is 0.700. The van der Waals surface area contributed by atoms with Crippen LogP contribution in [0.2, 0.25) is 0 Å². The number of nitrogens with zero attached hydrogens (tertiary/aromatic N) is 3. The normalized spacial score (nSPS) is 21.2. The predicted molar refractivity (Wildman–Crippen MR) is 54.4 cm³/mol. The lowest BCUT2D eigenvalue weighted by molar-refractivity contribution is -0.144. The zero-order valence-electron chi connectivity index (χ0n) is 9.47. The van der Waals surface area contributed by atoms with Crippen molar-refractivity contribution in [2.24, 2.45) is 5.92 Å². The van der Waals surface area contributed by atoms with E-state index in [1.54, 1.807) is 6.92 Å². The van der Waals surface area contributed by atoms with Gasteiger partial charge in [-0.1, -0.05) is 5.16 Å². The molecule has 6 nitrogen and oxygen atoms in total. The number of rotatable bonds is 3. The molecule has 0 bridgehead atoms. The Hall–Kier alpha value is -1.43. The van der Waals surface area contributed by atoms with E-state index in [0.29, 0.717) is 24.8 Å². The second-order valence-corrected chi connectivity index (χ2v) is 3.98. The minimum absolute atomic E-state index is 0.0194. The smallest absolute Gasteiger partial charge is 0.310 e. The number of aryl methyl sites for hydroxylation is 1. The van der Waals surface area contributed by atoms with Gasteiger partial charge in [0.05, 0.1) is 19.6 Å². The van der Waals surface area contributed by atoms with E-state index >= 15 is 0 Å². The highest BCUT2D eigenvalue weighted by atomic mass is 16.5. The van der Waals surface area contributed by atoms with Gasteiger partial charge in [0, 0.05) is 6.54 Å². The average Bonchev–Trinajstić information content (AvgIpc) is 2.87. The molecule has 16 heavy (non-hydrogen) atoms. The van der Waals surface area contributed by atoms with E-state index in [9.17, 15) is 4.79 Å². The first-order valence-corrected chi connectivity index (χ1v) is 5.28. The Bertz CT molecular complexity index is 377. The first-order chi connectivity index (χ1) is 7.69. The van der Waals surface area contributed by atoms with Crippen LogP contribution in [-0.2, 0) is 16.1 Å². The molecule has 1 saturated heterocycles. The first kappa shape index (κ1) is 11.1. The summed E-state index contributed by atoms with van der Waals surface area (Å²) in [5.74, 6) is 1.08. The topological polar surface area (TPSA) is 68.5 Å². The van der Waals surface area contributed by atoms with Crippen LogP contribution in [0.3, 0.4) is 0 Å². The highest BCUT2D eigenvalue weighted by Crippen LogP contribution is 2.19. The van der Waals surface area contributed by atoms with Crippen molar-refractivity contribution in [2.75, 3.05) is 20.2 Å². The van der Waals surface area contributed by atoms with Gasteiger partial charge in [-0.2, -0.15) is 4.98 Å². The van der Waals surface area contributed by atoms with E-state index in [-0.39, 0.29) is 11.9 Å². The molecule has 2 heterocycles. The standard InChI is InChI=1S/C10H15N3O3/c1-7-11-9(16-12-7)6-13-4-3-8(5-13)10(14)15-2/h8H,3-6H2,1-2H3. The van der Waals surface area contributed by atoms with Crippen LogP contribution in [-0.4, -0.2) is 41.2 Å². The van der Waals surface area contributed by atoms with Crippen molar-refractivity contribution in [3.63, 3.8) is 0 Å². The van der Waals surface area contributed by atoms with E-state index in [4.69, 9.17) is 9.26 Å². The summed E-state index contributed by atoms with van der Waals surface area (Å²) in [5, 5.41) is 3.72. The molecule has 1 aromatic rings. The van der Waals surface area contributed by atoms with Crippen molar-refractivity contribution in [3.05, 3.63) is 11.7 Å². The van der Waals surface area contributed by atoms with Gasteiger partial charge in [-0.3, -0.25) is 9.69 Å². The van der Waals surface area contributed by atoms with Crippen molar-refractivity contribution in [2.45, 2.75) is 19.9 Å². The molecule has 6 heteroatoms. The molecule has 2 rings (SSSR count). The predicted octanol–water partition coefficient (Wildman–Crippen LogP) is 0.373. The second-order valence-electron chi connectivity index (χ2n) is 3.98. The number of likely N-dealkylation sites (tertiary alicyclic amines) is 1. The third-order valence-corrected chi connectivity index (χ3v) is 2.74. The lowest BCUT2D eigenvalue weighted by Gasteiger charge is -2.12. The van der Waals surface area contributed by atoms with Crippen molar-refractivity contribution in [1.82, 2.24) is 15.0 Å². The lowest BCUT2D eigenvalue weighted by Crippen LogP contribution is -2.23. The number of carbonyl (C=O) groups is 1. The zero-order valence-corrected chi connectivity index (χ0v) is 9.47. The van der Waals surface area contributed by atoms with Crippen molar-refractivity contribution in [3.8, 4) is 0 Å². The molecule has 88 valence electrons. The molecular formula is C10H15N3O3. The van der Waals surface area contributed by atoms with E-state index in [0.717, 1.165) is 13.0 Å². The number of hydrogen-bond acceptors (Lipinski definition) is 6. The molecular weight excluding hydrogens is 210 g/mol. The molecule has 0 aliphatic carbocycles. The maximum atomic E-state index is 11.3. The third-order valence-electron chi connectivity index (χ3n) is 2.74. The third kappa shape index (κ3) is 2.38. The van der Waals surface area contributed by atoms with Crippen molar-refractivity contribution >= 4 is 5.97 Å². The van der Waals surface area contributed by atoms with Gasteiger partial charge in [0.25, 0.3) is 0 Å². The molecule has 1 aliphatic heterocycles. The Labute approximate surface area is 93.6 Å². The summed E-state index contributed by atoms with van der Waals surface area (Å²) in [6.45, 7) is 3.96. The van der Waals surface area contributed by atoms with E-state index < -0.39 is 0 Å². The number of carbonyl (C=O) groups excluding carboxylic acids is 1. The minimum Gasteiger partial charge on any atom is -0.469 e. The summed E-state index contributed by atoms with van der Waals surface area (Å²) >= 11 is 0. The van der Waals surface area contributed by atoms with Gasteiger partial charge in [-0.25, -0.2) is 0 Å². The summed E-state index contributed by atoms with van der Waals surface area (Å²) in [6.07, 6.45) is 0.833. The molecule has 1 unspecified atom stereocenters. The Balaban J connectivity index is 1.87. The number of esters is 1. The van der Waals surface area contributed by atoms with Gasteiger partial charge < -0.3 is 9.26 Å². The minimum atomic E-state index is -0.135. The maximum Gasteiger partial charge on any atom is 0.310 e. The molecule has 0 amide bonds. The highest BCUT2D eigenvalue weighted by Gasteiger charge is 2.29.